The zero-order chi connectivity index (χ0) is 27.3. The van der Waals surface area contributed by atoms with Gasteiger partial charge in [0.15, 0.2) is 4.34 Å². The molecule has 2 heterocycles. The fourth-order valence-corrected chi connectivity index (χ4v) is 8.03. The Balaban J connectivity index is 1.32. The van der Waals surface area contributed by atoms with E-state index in [0.29, 0.717) is 39.1 Å². The van der Waals surface area contributed by atoms with Gasteiger partial charge in [0.25, 0.3) is 17.5 Å². The number of carbonyl (C=O) groups is 3. The Hall–Kier alpha value is -2.17. The second-order valence-corrected chi connectivity index (χ2v) is 13.1. The number of nitrogens with one attached hydrogen (secondary N) is 1. The molecule has 192 valence electrons. The Bertz CT molecular complexity index is 1650. The van der Waals surface area contributed by atoms with Gasteiger partial charge < -0.3 is 5.32 Å². The summed E-state index contributed by atoms with van der Waals surface area (Å²) in [6, 6.07) is 10.7. The van der Waals surface area contributed by atoms with Crippen molar-refractivity contribution in [1.82, 2.24) is 4.98 Å². The van der Waals surface area contributed by atoms with Crippen LogP contribution in [0.4, 0.5) is 17.1 Å². The van der Waals surface area contributed by atoms with Crippen LogP contribution in [0.1, 0.15) is 20.7 Å². The predicted octanol–water partition coefficient (Wildman–Crippen LogP) is 7.79. The Morgan fingerprint density at radius 3 is 2.16 bits per heavy atom. The molecule has 0 saturated carbocycles. The number of imide groups is 1. The van der Waals surface area contributed by atoms with Crippen molar-refractivity contribution in [3.63, 3.8) is 0 Å². The molecule has 0 unspecified atom stereocenters. The first-order chi connectivity index (χ1) is 18.1. The van der Waals surface area contributed by atoms with Gasteiger partial charge in [-0.05, 0) is 94.1 Å². The number of benzene rings is 3. The first kappa shape index (κ1) is 27.4. The minimum atomic E-state index is -0.510. The Morgan fingerprint density at radius 1 is 0.974 bits per heavy atom. The summed E-state index contributed by atoms with van der Waals surface area (Å²) in [5, 5.41) is 13.5. The Kier molecular flexibility index (Phi) is 7.77. The summed E-state index contributed by atoms with van der Waals surface area (Å²) in [5.74, 6) is -1.11. The number of amides is 3. The fourth-order valence-electron chi connectivity index (χ4n) is 3.67. The number of aromatic nitrogens is 1. The maximum Gasteiger partial charge on any atom is 0.269 e. The maximum atomic E-state index is 13.3. The highest BCUT2D eigenvalue weighted by Gasteiger charge is 2.42. The van der Waals surface area contributed by atoms with Crippen LogP contribution in [0.15, 0.2) is 64.7 Å². The van der Waals surface area contributed by atoms with Gasteiger partial charge in [-0.25, -0.2) is 9.88 Å². The number of anilines is 2. The number of rotatable bonds is 6. The summed E-state index contributed by atoms with van der Waals surface area (Å²) in [6.07, 6.45) is 0. The highest BCUT2D eigenvalue weighted by molar-refractivity contribution is 9.15. The second-order valence-electron chi connectivity index (χ2n) is 7.72. The van der Waals surface area contributed by atoms with Gasteiger partial charge >= 0.3 is 0 Å². The lowest BCUT2D eigenvalue weighted by Gasteiger charge is -2.13. The molecule has 1 aliphatic heterocycles. The van der Waals surface area contributed by atoms with Crippen LogP contribution in [0.5, 0.6) is 0 Å². The molecule has 3 amide bonds. The van der Waals surface area contributed by atoms with Gasteiger partial charge in [0.1, 0.15) is 0 Å². The number of thiazole rings is 1. The SMILES string of the molecule is O=C(CSc1nc2ccc(N3C(=O)c4c(Br)c(Br)c(Br)c(Br)c4C3=O)cc2s1)Nc1ccc([N+](=O)[O-])cc1. The molecule has 0 spiro atoms. The zero-order valence-electron chi connectivity index (χ0n) is 18.5. The fraction of sp³-hybridized carbons (Fsp3) is 0.0435. The van der Waals surface area contributed by atoms with Crippen LogP contribution < -0.4 is 10.2 Å². The molecule has 1 aliphatic rings. The van der Waals surface area contributed by atoms with Crippen molar-refractivity contribution in [3.05, 3.63) is 81.6 Å². The molecular formula is C23H10Br4N4O5S2. The molecule has 3 aromatic carbocycles. The van der Waals surface area contributed by atoms with Gasteiger partial charge in [0, 0.05) is 35.7 Å². The standard InChI is InChI=1S/C23H10Br4N4O5S2/c24-17-15-16(18(25)20(27)19(17)26)22(34)30(21(15)33)11-5-6-12-13(7-11)38-23(29-12)37-8-14(32)28-9-1-3-10(4-2-9)31(35)36/h1-7H,8H2,(H,28,32). The Labute approximate surface area is 256 Å². The lowest BCUT2D eigenvalue weighted by atomic mass is 10.1. The number of nitrogens with zero attached hydrogens (tertiary/aromatic N) is 3. The maximum absolute atomic E-state index is 13.3. The minimum absolute atomic E-state index is 0.0616. The van der Waals surface area contributed by atoms with E-state index in [0.717, 1.165) is 9.60 Å². The molecule has 9 nitrogen and oxygen atoms in total. The Morgan fingerprint density at radius 2 is 1.58 bits per heavy atom. The van der Waals surface area contributed by atoms with E-state index in [9.17, 15) is 24.5 Å². The van der Waals surface area contributed by atoms with Crippen LogP contribution in [0.3, 0.4) is 0 Å². The van der Waals surface area contributed by atoms with Crippen LogP contribution in [-0.2, 0) is 4.79 Å². The van der Waals surface area contributed by atoms with E-state index in [1.807, 2.05) is 0 Å². The molecular weight excluding hydrogens is 796 g/mol. The normalized spacial score (nSPS) is 12.8. The van der Waals surface area contributed by atoms with E-state index in [4.69, 9.17) is 0 Å². The number of fused-ring (bicyclic) bond motifs is 2. The molecule has 38 heavy (non-hydrogen) atoms. The zero-order valence-corrected chi connectivity index (χ0v) is 26.4. The predicted molar refractivity (Wildman–Crippen MR) is 160 cm³/mol. The third-order valence-electron chi connectivity index (χ3n) is 5.40. The quantitative estimate of drug-likeness (QED) is 0.0528. The number of hydrogen-bond acceptors (Lipinski definition) is 8. The molecule has 1 N–H and O–H groups in total. The first-order valence-electron chi connectivity index (χ1n) is 10.4. The van der Waals surface area contributed by atoms with Crippen molar-refractivity contribution in [1.29, 1.82) is 0 Å². The molecule has 0 fully saturated rings. The summed E-state index contributed by atoms with van der Waals surface area (Å²) in [6.45, 7) is 0. The van der Waals surface area contributed by atoms with E-state index >= 15 is 0 Å². The van der Waals surface area contributed by atoms with Crippen molar-refractivity contribution in [2.75, 3.05) is 16.0 Å². The number of thioether (sulfide) groups is 1. The van der Waals surface area contributed by atoms with Gasteiger partial charge in [0.05, 0.1) is 37.7 Å². The van der Waals surface area contributed by atoms with Crippen molar-refractivity contribution in [3.8, 4) is 0 Å². The van der Waals surface area contributed by atoms with Crippen molar-refractivity contribution >= 4 is 132 Å². The number of hydrogen-bond donors (Lipinski definition) is 1. The highest BCUT2D eigenvalue weighted by atomic mass is 79.9. The van der Waals surface area contributed by atoms with E-state index in [2.05, 4.69) is 74.0 Å². The molecule has 4 aromatic rings. The molecule has 0 aliphatic carbocycles. The molecule has 0 radical (unpaired) electrons. The van der Waals surface area contributed by atoms with E-state index in [1.54, 1.807) is 18.2 Å². The highest BCUT2D eigenvalue weighted by Crippen LogP contribution is 2.46. The summed E-state index contributed by atoms with van der Waals surface area (Å²) in [7, 11) is 0. The van der Waals surface area contributed by atoms with E-state index in [1.165, 1.54) is 47.4 Å². The number of halogens is 4. The molecule has 5 rings (SSSR count). The van der Waals surface area contributed by atoms with Crippen LogP contribution in [0, 0.1) is 10.1 Å². The third-order valence-corrected chi connectivity index (χ3v) is 12.3. The van der Waals surface area contributed by atoms with Crippen LogP contribution in [-0.4, -0.2) is 33.4 Å². The first-order valence-corrected chi connectivity index (χ1v) is 15.4. The van der Waals surface area contributed by atoms with Gasteiger partial charge in [-0.2, -0.15) is 0 Å². The molecule has 15 heteroatoms. The molecule has 0 bridgehead atoms. The number of nitro benzene ring substituents is 1. The van der Waals surface area contributed by atoms with Crippen molar-refractivity contribution < 1.29 is 19.3 Å². The number of non-ortho nitro benzene ring substituents is 1. The van der Waals surface area contributed by atoms with Gasteiger partial charge in [-0.3, -0.25) is 24.5 Å². The van der Waals surface area contributed by atoms with E-state index < -0.39 is 16.7 Å². The third kappa shape index (κ3) is 4.95. The summed E-state index contributed by atoms with van der Waals surface area (Å²) in [4.78, 5) is 54.8. The molecule has 0 saturated heterocycles. The monoisotopic (exact) mass is 802 g/mol. The average Bonchev–Trinajstić information content (AvgIpc) is 3.42. The largest absolute Gasteiger partial charge is 0.325 e. The topological polar surface area (TPSA) is 123 Å². The summed E-state index contributed by atoms with van der Waals surface area (Å²) < 4.78 is 3.57. The molecule has 0 atom stereocenters. The lowest BCUT2D eigenvalue weighted by Crippen LogP contribution is -2.29. The van der Waals surface area contributed by atoms with Gasteiger partial charge in [0.2, 0.25) is 5.91 Å². The molecule has 1 aromatic heterocycles. The average molecular weight is 806 g/mol. The van der Waals surface area contributed by atoms with Crippen molar-refractivity contribution in [2.24, 2.45) is 0 Å². The van der Waals surface area contributed by atoms with Crippen molar-refractivity contribution in [2.45, 2.75) is 4.34 Å². The van der Waals surface area contributed by atoms with Crippen LogP contribution >= 0.6 is 86.8 Å². The lowest BCUT2D eigenvalue weighted by molar-refractivity contribution is -0.384. The van der Waals surface area contributed by atoms with Crippen LogP contribution in [0.25, 0.3) is 10.2 Å². The summed E-state index contributed by atoms with van der Waals surface area (Å²) in [5.41, 5.74) is 1.99. The summed E-state index contributed by atoms with van der Waals surface area (Å²) >= 11 is 16.3. The number of nitro groups is 1. The van der Waals surface area contributed by atoms with Gasteiger partial charge in [-0.1, -0.05) is 11.8 Å². The second kappa shape index (κ2) is 10.8. The van der Waals surface area contributed by atoms with E-state index in [-0.39, 0.29) is 28.5 Å². The van der Waals surface area contributed by atoms with Gasteiger partial charge in [-0.15, -0.1) is 11.3 Å². The number of carbonyl (C=O) groups excluding carboxylic acids is 3. The minimum Gasteiger partial charge on any atom is -0.325 e. The smallest absolute Gasteiger partial charge is 0.269 e. The van der Waals surface area contributed by atoms with Crippen LogP contribution in [0.2, 0.25) is 0 Å².